The zero-order valence-corrected chi connectivity index (χ0v) is 18.9. The fourth-order valence-corrected chi connectivity index (χ4v) is 4.57. The average molecular weight is 462 g/mol. The van der Waals surface area contributed by atoms with E-state index in [1.807, 2.05) is 0 Å². The maximum Gasteiger partial charge on any atom is 0.243 e. The lowest BCUT2D eigenvalue weighted by atomic mass is 10.1. The van der Waals surface area contributed by atoms with E-state index in [1.54, 1.807) is 56.7 Å². The van der Waals surface area contributed by atoms with E-state index < -0.39 is 10.0 Å². The predicted octanol–water partition coefficient (Wildman–Crippen LogP) is 1.81. The molecule has 0 spiro atoms. The molecule has 32 heavy (non-hydrogen) atoms. The molecule has 1 aliphatic heterocycles. The zero-order valence-electron chi connectivity index (χ0n) is 18.1. The number of methoxy groups -OCH3 is 2. The predicted molar refractivity (Wildman–Crippen MR) is 120 cm³/mol. The van der Waals surface area contributed by atoms with Gasteiger partial charge >= 0.3 is 0 Å². The standard InChI is InChI=1S/C22H27N3O6S/c1-29-19-13-18(14-20(15-19)30-2)16-23-24-22(26)8-5-17-3-6-21(7-4-17)32(27,28)25-9-11-31-12-10-25/h3-4,6-7,13-16H,5,8-12H2,1-2H3,(H,24,26)/b23-16-. The molecule has 2 aromatic rings. The van der Waals surface area contributed by atoms with Gasteiger partial charge in [-0.25, -0.2) is 13.8 Å². The molecule has 1 N–H and O–H groups in total. The Morgan fingerprint density at radius 2 is 1.72 bits per heavy atom. The Bertz CT molecular complexity index is 1030. The number of ether oxygens (including phenoxy) is 3. The second-order valence-electron chi connectivity index (χ2n) is 7.10. The molecule has 1 amide bonds. The number of amides is 1. The highest BCUT2D eigenvalue weighted by atomic mass is 32.2. The fourth-order valence-electron chi connectivity index (χ4n) is 3.16. The molecule has 9 nitrogen and oxygen atoms in total. The van der Waals surface area contributed by atoms with Crippen LogP contribution in [0.1, 0.15) is 17.5 Å². The first-order valence-corrected chi connectivity index (χ1v) is 11.6. The number of carbonyl (C=O) groups is 1. The Kier molecular flexibility index (Phi) is 8.20. The Labute approximate surface area is 188 Å². The lowest BCUT2D eigenvalue weighted by Gasteiger charge is -2.26. The van der Waals surface area contributed by atoms with Crippen molar-refractivity contribution in [2.75, 3.05) is 40.5 Å². The Balaban J connectivity index is 1.51. The van der Waals surface area contributed by atoms with Crippen molar-refractivity contribution in [2.24, 2.45) is 5.10 Å². The van der Waals surface area contributed by atoms with Crippen LogP contribution < -0.4 is 14.9 Å². The molecule has 1 aliphatic rings. The lowest BCUT2D eigenvalue weighted by molar-refractivity contribution is -0.121. The Morgan fingerprint density at radius 3 is 2.31 bits per heavy atom. The third kappa shape index (κ3) is 6.28. The first kappa shape index (κ1) is 23.7. The van der Waals surface area contributed by atoms with Gasteiger partial charge in [0.2, 0.25) is 15.9 Å². The molecule has 0 aliphatic carbocycles. The van der Waals surface area contributed by atoms with Crippen LogP contribution in [0.3, 0.4) is 0 Å². The van der Waals surface area contributed by atoms with E-state index in [2.05, 4.69) is 10.5 Å². The van der Waals surface area contributed by atoms with E-state index in [4.69, 9.17) is 14.2 Å². The number of nitrogens with zero attached hydrogens (tertiary/aromatic N) is 2. The number of benzene rings is 2. The largest absolute Gasteiger partial charge is 0.497 e. The van der Waals surface area contributed by atoms with Crippen LogP contribution in [-0.2, 0) is 26.0 Å². The molecule has 0 aromatic heterocycles. The van der Waals surface area contributed by atoms with Gasteiger partial charge in [0, 0.05) is 31.1 Å². The maximum atomic E-state index is 12.7. The molecule has 2 aromatic carbocycles. The molecule has 3 rings (SSSR count). The summed E-state index contributed by atoms with van der Waals surface area (Å²) in [5.41, 5.74) is 4.07. The first-order chi connectivity index (χ1) is 15.4. The SMILES string of the molecule is COc1cc(/C=N\NC(=O)CCc2ccc(S(=O)(=O)N3CCOCC3)cc2)cc(OC)c1. The van der Waals surface area contributed by atoms with Crippen LogP contribution in [0.4, 0.5) is 0 Å². The van der Waals surface area contributed by atoms with Crippen molar-refractivity contribution in [1.82, 2.24) is 9.73 Å². The quantitative estimate of drug-likeness (QED) is 0.451. The minimum atomic E-state index is -3.52. The molecule has 0 saturated carbocycles. The van der Waals surface area contributed by atoms with Crippen molar-refractivity contribution in [3.8, 4) is 11.5 Å². The summed E-state index contributed by atoms with van der Waals surface area (Å²) in [6.07, 6.45) is 2.19. The molecule has 172 valence electrons. The smallest absolute Gasteiger partial charge is 0.243 e. The van der Waals surface area contributed by atoms with Gasteiger partial charge in [-0.05, 0) is 36.2 Å². The maximum absolute atomic E-state index is 12.7. The summed E-state index contributed by atoms with van der Waals surface area (Å²) in [6, 6.07) is 11.9. The number of carbonyl (C=O) groups excluding carboxylic acids is 1. The van der Waals surface area contributed by atoms with Crippen molar-refractivity contribution in [3.05, 3.63) is 53.6 Å². The third-order valence-corrected chi connectivity index (χ3v) is 6.86. The van der Waals surface area contributed by atoms with Gasteiger partial charge in [-0.15, -0.1) is 0 Å². The highest BCUT2D eigenvalue weighted by Crippen LogP contribution is 2.21. The number of morpholine rings is 1. The van der Waals surface area contributed by atoms with Crippen molar-refractivity contribution in [2.45, 2.75) is 17.7 Å². The molecule has 10 heteroatoms. The van der Waals surface area contributed by atoms with Gasteiger partial charge in [0.15, 0.2) is 0 Å². The third-order valence-electron chi connectivity index (χ3n) is 4.95. The molecule has 0 unspecified atom stereocenters. The van der Waals surface area contributed by atoms with E-state index in [1.165, 1.54) is 10.5 Å². The highest BCUT2D eigenvalue weighted by molar-refractivity contribution is 7.89. The summed E-state index contributed by atoms with van der Waals surface area (Å²) in [4.78, 5) is 12.3. The van der Waals surface area contributed by atoms with Gasteiger partial charge in [0.1, 0.15) is 11.5 Å². The second-order valence-corrected chi connectivity index (χ2v) is 9.04. The van der Waals surface area contributed by atoms with Crippen molar-refractivity contribution < 1.29 is 27.4 Å². The number of hydrogen-bond donors (Lipinski definition) is 1. The van der Waals surface area contributed by atoms with E-state index in [9.17, 15) is 13.2 Å². The van der Waals surface area contributed by atoms with E-state index in [-0.39, 0.29) is 17.2 Å². The number of sulfonamides is 1. The van der Waals surface area contributed by atoms with Crippen LogP contribution in [0.2, 0.25) is 0 Å². The second kappa shape index (κ2) is 11.1. The number of rotatable bonds is 9. The van der Waals surface area contributed by atoms with Gasteiger partial charge < -0.3 is 14.2 Å². The van der Waals surface area contributed by atoms with E-state index in [0.717, 1.165) is 11.1 Å². The Morgan fingerprint density at radius 1 is 1.09 bits per heavy atom. The van der Waals surface area contributed by atoms with Gasteiger partial charge in [-0.1, -0.05) is 12.1 Å². The van der Waals surface area contributed by atoms with Gasteiger partial charge in [-0.3, -0.25) is 4.79 Å². The normalized spacial score (nSPS) is 14.9. The Hall–Kier alpha value is -2.95. The average Bonchev–Trinajstić information content (AvgIpc) is 2.83. The molecule has 0 bridgehead atoms. The summed E-state index contributed by atoms with van der Waals surface area (Å²) in [7, 11) is -0.406. The van der Waals surface area contributed by atoms with Crippen LogP contribution in [0.25, 0.3) is 0 Å². The number of nitrogens with one attached hydrogen (secondary N) is 1. The van der Waals surface area contributed by atoms with E-state index >= 15 is 0 Å². The van der Waals surface area contributed by atoms with Crippen LogP contribution in [0.5, 0.6) is 11.5 Å². The molecule has 0 radical (unpaired) electrons. The molecular formula is C22H27N3O6S. The van der Waals surface area contributed by atoms with Gasteiger partial charge in [-0.2, -0.15) is 9.41 Å². The number of hydrazone groups is 1. The van der Waals surface area contributed by atoms with Crippen molar-refractivity contribution in [1.29, 1.82) is 0 Å². The van der Waals surface area contributed by atoms with Crippen LogP contribution in [0, 0.1) is 0 Å². The van der Waals surface area contributed by atoms with Crippen LogP contribution >= 0.6 is 0 Å². The fraction of sp³-hybridized carbons (Fsp3) is 0.364. The number of hydrogen-bond acceptors (Lipinski definition) is 7. The molecule has 0 atom stereocenters. The first-order valence-electron chi connectivity index (χ1n) is 10.1. The molecule has 1 saturated heterocycles. The summed E-state index contributed by atoms with van der Waals surface area (Å²) < 4.78 is 42.4. The highest BCUT2D eigenvalue weighted by Gasteiger charge is 2.26. The lowest BCUT2D eigenvalue weighted by Crippen LogP contribution is -2.40. The minimum absolute atomic E-state index is 0.217. The summed E-state index contributed by atoms with van der Waals surface area (Å²) in [6.45, 7) is 1.52. The molecular weight excluding hydrogens is 434 g/mol. The topological polar surface area (TPSA) is 107 Å². The van der Waals surface area contributed by atoms with E-state index in [0.29, 0.717) is 44.2 Å². The molecule has 1 heterocycles. The van der Waals surface area contributed by atoms with Crippen molar-refractivity contribution in [3.63, 3.8) is 0 Å². The summed E-state index contributed by atoms with van der Waals surface area (Å²) in [5, 5.41) is 3.97. The number of aryl methyl sites for hydroxylation is 1. The van der Waals surface area contributed by atoms with Crippen molar-refractivity contribution >= 4 is 22.1 Å². The van der Waals surface area contributed by atoms with Crippen LogP contribution in [0.15, 0.2) is 52.5 Å². The zero-order chi connectivity index (χ0) is 23.0. The monoisotopic (exact) mass is 461 g/mol. The summed E-state index contributed by atoms with van der Waals surface area (Å²) >= 11 is 0. The molecule has 1 fully saturated rings. The summed E-state index contributed by atoms with van der Waals surface area (Å²) in [5.74, 6) is 0.994. The van der Waals surface area contributed by atoms with Gasteiger partial charge in [0.05, 0.1) is 38.5 Å². The van der Waals surface area contributed by atoms with Gasteiger partial charge in [0.25, 0.3) is 0 Å². The van der Waals surface area contributed by atoms with Crippen LogP contribution in [-0.4, -0.2) is 65.4 Å². The minimum Gasteiger partial charge on any atom is -0.497 e.